The second-order valence-corrected chi connectivity index (χ2v) is 6.51. The number of aromatic nitrogens is 2. The molecule has 150 valence electrons. The first-order valence-electron chi connectivity index (χ1n) is 9.17. The molecule has 0 bridgehead atoms. The summed E-state index contributed by atoms with van der Waals surface area (Å²) >= 11 is 0. The standard InChI is InChI=1S/C21H22N4O4/c1-25(21(28)29-2)15-12-10-14(11-13-15)22-19(26)9-5-8-18-23-17-7-4-3-6-16(17)20(27)24-18/h3-4,6-7,10-13H,5,8-9H2,1-2H3,(H,22,26)(H,23,24,27). The van der Waals surface area contributed by atoms with Crippen molar-refractivity contribution in [3.8, 4) is 0 Å². The van der Waals surface area contributed by atoms with E-state index in [2.05, 4.69) is 20.0 Å². The molecule has 0 fully saturated rings. The maximum absolute atomic E-state index is 12.2. The van der Waals surface area contributed by atoms with E-state index in [9.17, 15) is 14.4 Å². The molecule has 0 radical (unpaired) electrons. The smallest absolute Gasteiger partial charge is 0.413 e. The number of ether oxygens (including phenoxy) is 1. The first-order chi connectivity index (χ1) is 14.0. The van der Waals surface area contributed by atoms with E-state index in [4.69, 9.17) is 0 Å². The molecule has 0 atom stereocenters. The van der Waals surface area contributed by atoms with E-state index < -0.39 is 6.09 Å². The second-order valence-electron chi connectivity index (χ2n) is 6.51. The molecule has 8 heteroatoms. The monoisotopic (exact) mass is 394 g/mol. The van der Waals surface area contributed by atoms with Crippen molar-refractivity contribution >= 4 is 34.3 Å². The zero-order valence-electron chi connectivity index (χ0n) is 16.3. The lowest BCUT2D eigenvalue weighted by Crippen LogP contribution is -2.25. The summed E-state index contributed by atoms with van der Waals surface area (Å²) in [6.07, 6.45) is 0.870. The maximum atomic E-state index is 12.2. The van der Waals surface area contributed by atoms with Gasteiger partial charge in [0.25, 0.3) is 5.56 Å². The minimum Gasteiger partial charge on any atom is -0.452 e. The molecular weight excluding hydrogens is 372 g/mol. The molecule has 2 amide bonds. The average molecular weight is 394 g/mol. The molecule has 0 saturated heterocycles. The molecular formula is C21H22N4O4. The third-order valence-electron chi connectivity index (χ3n) is 4.47. The van der Waals surface area contributed by atoms with Crippen LogP contribution in [0.5, 0.6) is 0 Å². The molecule has 0 aliphatic carbocycles. The number of fused-ring (bicyclic) bond motifs is 1. The number of anilines is 2. The maximum Gasteiger partial charge on any atom is 0.413 e. The summed E-state index contributed by atoms with van der Waals surface area (Å²) in [6, 6.07) is 14.0. The van der Waals surface area contributed by atoms with Gasteiger partial charge < -0.3 is 15.0 Å². The van der Waals surface area contributed by atoms with Gasteiger partial charge in [-0.25, -0.2) is 9.78 Å². The van der Waals surface area contributed by atoms with Crippen LogP contribution in [-0.2, 0) is 16.0 Å². The van der Waals surface area contributed by atoms with Gasteiger partial charge in [0, 0.05) is 31.3 Å². The number of nitrogens with zero attached hydrogens (tertiary/aromatic N) is 2. The van der Waals surface area contributed by atoms with E-state index in [1.165, 1.54) is 12.0 Å². The van der Waals surface area contributed by atoms with Crippen molar-refractivity contribution in [1.82, 2.24) is 9.97 Å². The summed E-state index contributed by atoms with van der Waals surface area (Å²) in [7, 11) is 2.92. The lowest BCUT2D eigenvalue weighted by molar-refractivity contribution is -0.116. The molecule has 0 aliphatic heterocycles. The van der Waals surface area contributed by atoms with Crippen LogP contribution in [-0.4, -0.2) is 36.1 Å². The van der Waals surface area contributed by atoms with Crippen molar-refractivity contribution in [3.63, 3.8) is 0 Å². The molecule has 29 heavy (non-hydrogen) atoms. The van der Waals surface area contributed by atoms with E-state index in [0.29, 0.717) is 47.4 Å². The SMILES string of the molecule is COC(=O)N(C)c1ccc(NC(=O)CCCc2nc3ccccc3c(=O)[nH]2)cc1. The van der Waals surface area contributed by atoms with Crippen LogP contribution in [0.2, 0.25) is 0 Å². The topological polar surface area (TPSA) is 104 Å². The molecule has 8 nitrogen and oxygen atoms in total. The van der Waals surface area contributed by atoms with Crippen LogP contribution in [0.1, 0.15) is 18.7 Å². The van der Waals surface area contributed by atoms with E-state index in [1.54, 1.807) is 49.5 Å². The zero-order chi connectivity index (χ0) is 20.8. The molecule has 3 aromatic rings. The Balaban J connectivity index is 1.53. The summed E-state index contributed by atoms with van der Waals surface area (Å²) in [5.41, 5.74) is 1.76. The van der Waals surface area contributed by atoms with Gasteiger partial charge in [-0.2, -0.15) is 0 Å². The Kier molecular flexibility index (Phi) is 6.23. The van der Waals surface area contributed by atoms with Crippen molar-refractivity contribution in [2.45, 2.75) is 19.3 Å². The molecule has 1 aromatic heterocycles. The van der Waals surface area contributed by atoms with Crippen molar-refractivity contribution < 1.29 is 14.3 Å². The average Bonchev–Trinajstić information content (AvgIpc) is 2.73. The largest absolute Gasteiger partial charge is 0.452 e. The molecule has 0 aliphatic rings. The van der Waals surface area contributed by atoms with Gasteiger partial charge in [-0.1, -0.05) is 12.1 Å². The third-order valence-corrected chi connectivity index (χ3v) is 4.47. The molecule has 1 heterocycles. The number of hydrogen-bond acceptors (Lipinski definition) is 5. The fourth-order valence-electron chi connectivity index (χ4n) is 2.90. The molecule has 0 unspecified atom stereocenters. The van der Waals surface area contributed by atoms with Gasteiger partial charge in [0.2, 0.25) is 5.91 Å². The Labute approximate surface area is 167 Å². The summed E-state index contributed by atoms with van der Waals surface area (Å²) < 4.78 is 4.66. The van der Waals surface area contributed by atoms with Crippen molar-refractivity contribution in [2.75, 3.05) is 24.4 Å². The Bertz CT molecular complexity index is 1080. The molecule has 2 aromatic carbocycles. The van der Waals surface area contributed by atoms with Gasteiger partial charge in [0.05, 0.1) is 18.0 Å². The summed E-state index contributed by atoms with van der Waals surface area (Å²) in [5.74, 6) is 0.430. The first kappa shape index (κ1) is 20.1. The fraction of sp³-hybridized carbons (Fsp3) is 0.238. The van der Waals surface area contributed by atoms with Crippen LogP contribution in [0.25, 0.3) is 10.9 Å². The number of carbonyl (C=O) groups is 2. The highest BCUT2D eigenvalue weighted by atomic mass is 16.5. The Morgan fingerprint density at radius 3 is 2.59 bits per heavy atom. The predicted octanol–water partition coefficient (Wildman–Crippen LogP) is 3.09. The highest BCUT2D eigenvalue weighted by molar-refractivity contribution is 5.91. The number of hydrogen-bond donors (Lipinski definition) is 2. The van der Waals surface area contributed by atoms with Crippen LogP contribution in [0, 0.1) is 0 Å². The van der Waals surface area contributed by atoms with Crippen LogP contribution in [0.3, 0.4) is 0 Å². The fourth-order valence-corrected chi connectivity index (χ4v) is 2.90. The summed E-state index contributed by atoms with van der Waals surface area (Å²) in [5, 5.41) is 3.36. The molecule has 3 rings (SSSR count). The highest BCUT2D eigenvalue weighted by Crippen LogP contribution is 2.18. The van der Waals surface area contributed by atoms with Crippen LogP contribution in [0.15, 0.2) is 53.3 Å². The van der Waals surface area contributed by atoms with Gasteiger partial charge in [-0.15, -0.1) is 0 Å². The van der Waals surface area contributed by atoms with Gasteiger partial charge in [0.1, 0.15) is 5.82 Å². The van der Waals surface area contributed by atoms with E-state index in [0.717, 1.165) is 0 Å². The van der Waals surface area contributed by atoms with Crippen LogP contribution < -0.4 is 15.8 Å². The number of aromatic amines is 1. The quantitative estimate of drug-likeness (QED) is 0.669. The van der Waals surface area contributed by atoms with Crippen molar-refractivity contribution in [1.29, 1.82) is 0 Å². The molecule has 2 N–H and O–H groups in total. The lowest BCUT2D eigenvalue weighted by Gasteiger charge is -2.15. The predicted molar refractivity (Wildman–Crippen MR) is 111 cm³/mol. The molecule has 0 spiro atoms. The van der Waals surface area contributed by atoms with Crippen LogP contribution >= 0.6 is 0 Å². The number of rotatable bonds is 6. The van der Waals surface area contributed by atoms with Crippen molar-refractivity contribution in [2.24, 2.45) is 0 Å². The Morgan fingerprint density at radius 1 is 1.14 bits per heavy atom. The first-order valence-corrected chi connectivity index (χ1v) is 9.17. The van der Waals surface area contributed by atoms with E-state index in [-0.39, 0.29) is 11.5 Å². The number of benzene rings is 2. The number of amides is 2. The van der Waals surface area contributed by atoms with Gasteiger partial charge >= 0.3 is 6.09 Å². The van der Waals surface area contributed by atoms with Crippen LogP contribution in [0.4, 0.5) is 16.2 Å². The number of nitrogens with one attached hydrogen (secondary N) is 2. The minimum atomic E-state index is -0.470. The number of H-pyrrole nitrogens is 1. The zero-order valence-corrected chi connectivity index (χ0v) is 16.3. The van der Waals surface area contributed by atoms with Gasteiger partial charge in [-0.3, -0.25) is 14.5 Å². The van der Waals surface area contributed by atoms with E-state index in [1.807, 2.05) is 6.07 Å². The number of para-hydroxylation sites is 1. The highest BCUT2D eigenvalue weighted by Gasteiger charge is 2.11. The Hall–Kier alpha value is -3.68. The number of carbonyl (C=O) groups excluding carboxylic acids is 2. The molecule has 0 saturated carbocycles. The second kappa shape index (κ2) is 9.01. The number of aryl methyl sites for hydroxylation is 1. The van der Waals surface area contributed by atoms with E-state index >= 15 is 0 Å². The minimum absolute atomic E-state index is 0.137. The van der Waals surface area contributed by atoms with Gasteiger partial charge in [0.15, 0.2) is 0 Å². The van der Waals surface area contributed by atoms with Crippen molar-refractivity contribution in [3.05, 3.63) is 64.7 Å². The number of methoxy groups -OCH3 is 1. The van der Waals surface area contributed by atoms with Gasteiger partial charge in [-0.05, 0) is 42.8 Å². The Morgan fingerprint density at radius 2 is 1.86 bits per heavy atom. The normalized spacial score (nSPS) is 10.6. The lowest BCUT2D eigenvalue weighted by atomic mass is 10.2. The third kappa shape index (κ3) is 4.98. The summed E-state index contributed by atoms with van der Waals surface area (Å²) in [4.78, 5) is 44.3. The summed E-state index contributed by atoms with van der Waals surface area (Å²) in [6.45, 7) is 0.